The Kier molecular flexibility index (Phi) is 16.3. The molecule has 0 radical (unpaired) electrons. The molecule has 24 heteroatoms. The summed E-state index contributed by atoms with van der Waals surface area (Å²) in [4.78, 5) is 48.1. The lowest BCUT2D eigenvalue weighted by atomic mass is 9.93. The molecule has 2 aromatic heterocycles. The van der Waals surface area contributed by atoms with E-state index in [-0.39, 0.29) is 57.5 Å². The number of carbonyl (C=O) groups is 3. The lowest BCUT2D eigenvalue weighted by molar-refractivity contribution is -0.137. The molecule has 364 valence electrons. The summed E-state index contributed by atoms with van der Waals surface area (Å²) in [6.45, 7) is 4.58. The highest BCUT2D eigenvalue weighted by Crippen LogP contribution is 2.42. The van der Waals surface area contributed by atoms with Gasteiger partial charge in [-0.05, 0) is 105 Å². The van der Waals surface area contributed by atoms with Gasteiger partial charge in [-0.1, -0.05) is 64.6 Å². The van der Waals surface area contributed by atoms with Crippen molar-refractivity contribution >= 4 is 91.9 Å². The summed E-state index contributed by atoms with van der Waals surface area (Å²) >= 11 is 25.2. The Hall–Kier alpha value is -5.12. The Labute approximate surface area is 412 Å². The van der Waals surface area contributed by atoms with Crippen LogP contribution in [-0.4, -0.2) is 87.2 Å². The maximum atomic E-state index is 16.2. The standard InChI is InChI=1S/C44H41Cl4F4N5O9S2/c1-42(2,3)66-41(61)57(38-23-67-25-54-38)68(62,63)37-20-33(45)36(21-34(37)49)65-35-8-7-28(27-5-4-6-30(17-27)44(50,51)52)19-32(35)29-9-13-53-31(18-29)22-56(40(60)64-24-43(46,47)48)16-12-26-10-14-55(15-11-26)39(58)59/h4-9,13,17-21,23,25-26H,10-12,14-16,22,24H2,1-3H3,(H,58,59). The van der Waals surface area contributed by atoms with Gasteiger partial charge < -0.3 is 29.1 Å². The molecule has 68 heavy (non-hydrogen) atoms. The predicted octanol–water partition coefficient (Wildman–Crippen LogP) is 12.7. The van der Waals surface area contributed by atoms with Crippen molar-refractivity contribution in [1.82, 2.24) is 19.8 Å². The molecule has 0 saturated carbocycles. The minimum atomic E-state index is -5.07. The predicted molar refractivity (Wildman–Crippen MR) is 249 cm³/mol. The van der Waals surface area contributed by atoms with Gasteiger partial charge in [-0.25, -0.2) is 32.2 Å². The molecule has 1 saturated heterocycles. The van der Waals surface area contributed by atoms with Crippen LogP contribution in [0.4, 0.5) is 37.8 Å². The minimum absolute atomic E-state index is 0.0284. The van der Waals surface area contributed by atoms with Gasteiger partial charge in [-0.15, -0.1) is 15.6 Å². The number of aromatic nitrogens is 2. The first-order valence-corrected chi connectivity index (χ1v) is 24.3. The number of carboxylic acid groups (broad SMARTS) is 1. The number of amides is 3. The highest BCUT2D eigenvalue weighted by atomic mass is 35.6. The number of benzene rings is 3. The molecular weight excluding hydrogens is 1020 g/mol. The largest absolute Gasteiger partial charge is 0.465 e. The third-order valence-corrected chi connectivity index (χ3v) is 13.1. The Morgan fingerprint density at radius 1 is 0.912 bits per heavy atom. The van der Waals surface area contributed by atoms with Crippen LogP contribution in [0.1, 0.15) is 51.3 Å². The molecule has 0 bridgehead atoms. The van der Waals surface area contributed by atoms with Gasteiger partial charge in [-0.2, -0.15) is 13.2 Å². The van der Waals surface area contributed by atoms with Crippen LogP contribution >= 0.6 is 57.7 Å². The molecule has 6 rings (SSSR count). The van der Waals surface area contributed by atoms with Gasteiger partial charge >= 0.3 is 24.5 Å². The third kappa shape index (κ3) is 13.6. The van der Waals surface area contributed by atoms with Crippen LogP contribution in [0.3, 0.4) is 0 Å². The van der Waals surface area contributed by atoms with Crippen molar-refractivity contribution in [3.8, 4) is 33.8 Å². The summed E-state index contributed by atoms with van der Waals surface area (Å²) in [5.41, 5.74) is 0.528. The van der Waals surface area contributed by atoms with Gasteiger partial charge in [0.05, 0.1) is 28.3 Å². The fourth-order valence-electron chi connectivity index (χ4n) is 6.98. The van der Waals surface area contributed by atoms with Crippen molar-refractivity contribution in [3.63, 3.8) is 0 Å². The molecule has 1 fully saturated rings. The van der Waals surface area contributed by atoms with Crippen molar-refractivity contribution < 1.29 is 59.7 Å². The zero-order valence-corrected chi connectivity index (χ0v) is 40.8. The molecule has 5 aromatic rings. The Morgan fingerprint density at radius 3 is 2.25 bits per heavy atom. The molecule has 3 amide bonds. The molecule has 0 atom stereocenters. The van der Waals surface area contributed by atoms with Crippen molar-refractivity contribution in [2.45, 2.75) is 67.0 Å². The number of halogens is 8. The molecule has 0 aliphatic carbocycles. The normalized spacial score (nSPS) is 13.8. The first-order chi connectivity index (χ1) is 31.8. The number of pyridine rings is 1. The van der Waals surface area contributed by atoms with Crippen LogP contribution in [0.2, 0.25) is 5.02 Å². The summed E-state index contributed by atoms with van der Waals surface area (Å²) in [6.07, 6.45) is -4.88. The number of thiazole rings is 1. The molecule has 1 N–H and O–H groups in total. The first kappa shape index (κ1) is 52.3. The second-order valence-corrected chi connectivity index (χ2v) is 21.7. The van der Waals surface area contributed by atoms with Crippen LogP contribution in [0.25, 0.3) is 22.3 Å². The van der Waals surface area contributed by atoms with E-state index in [1.807, 2.05) is 0 Å². The number of carbonyl (C=O) groups excluding carboxylic acids is 2. The van der Waals surface area contributed by atoms with Crippen LogP contribution in [-0.2, 0) is 32.2 Å². The van der Waals surface area contributed by atoms with Crippen LogP contribution in [0.15, 0.2) is 88.7 Å². The van der Waals surface area contributed by atoms with Gasteiger partial charge in [0, 0.05) is 42.8 Å². The van der Waals surface area contributed by atoms with E-state index in [0.717, 1.165) is 29.5 Å². The zero-order valence-electron chi connectivity index (χ0n) is 36.1. The molecule has 3 heterocycles. The Balaban J connectivity index is 1.37. The summed E-state index contributed by atoms with van der Waals surface area (Å²) in [6, 6.07) is 13.5. The van der Waals surface area contributed by atoms with E-state index in [4.69, 9.17) is 60.6 Å². The van der Waals surface area contributed by atoms with Crippen molar-refractivity contribution in [2.24, 2.45) is 5.92 Å². The van der Waals surface area contributed by atoms with Gasteiger partial charge in [0.2, 0.25) is 3.79 Å². The zero-order chi connectivity index (χ0) is 49.8. The number of sulfonamides is 1. The summed E-state index contributed by atoms with van der Waals surface area (Å²) in [7, 11) is -5.07. The Morgan fingerprint density at radius 2 is 1.62 bits per heavy atom. The average molecular weight is 1070 g/mol. The lowest BCUT2D eigenvalue weighted by Gasteiger charge is -2.31. The van der Waals surface area contributed by atoms with Crippen molar-refractivity contribution in [2.75, 3.05) is 30.5 Å². The van der Waals surface area contributed by atoms with Crippen LogP contribution in [0.5, 0.6) is 11.5 Å². The summed E-state index contributed by atoms with van der Waals surface area (Å²) in [5, 5.41) is 10.2. The fourth-order valence-corrected chi connectivity index (χ4v) is 9.34. The first-order valence-electron chi connectivity index (χ1n) is 20.4. The number of rotatable bonds is 13. The number of anilines is 1. The number of likely N-dealkylation sites (tertiary alicyclic amines) is 1. The van der Waals surface area contributed by atoms with Crippen LogP contribution < -0.4 is 9.04 Å². The van der Waals surface area contributed by atoms with E-state index in [2.05, 4.69) is 9.97 Å². The van der Waals surface area contributed by atoms with Crippen molar-refractivity contribution in [3.05, 3.63) is 106 Å². The number of hydrogen-bond donors (Lipinski definition) is 1. The quantitative estimate of drug-likeness (QED) is 0.0880. The Bertz CT molecular complexity index is 2750. The molecule has 3 aromatic carbocycles. The number of piperidine rings is 1. The highest BCUT2D eigenvalue weighted by Gasteiger charge is 2.39. The van der Waals surface area contributed by atoms with Gasteiger partial charge in [0.25, 0.3) is 10.0 Å². The highest BCUT2D eigenvalue weighted by molar-refractivity contribution is 7.93. The number of alkyl halides is 6. The second kappa shape index (κ2) is 21.3. The van der Waals surface area contributed by atoms with Gasteiger partial charge in [0.1, 0.15) is 34.4 Å². The molecule has 14 nitrogen and oxygen atoms in total. The summed E-state index contributed by atoms with van der Waals surface area (Å²) < 4.78 is 101. The van der Waals surface area contributed by atoms with Gasteiger partial charge in [-0.3, -0.25) is 4.98 Å². The summed E-state index contributed by atoms with van der Waals surface area (Å²) in [5.74, 6) is -2.09. The van der Waals surface area contributed by atoms with E-state index in [0.29, 0.717) is 49.5 Å². The van der Waals surface area contributed by atoms with E-state index >= 15 is 4.39 Å². The number of hydrogen-bond acceptors (Lipinski definition) is 11. The maximum Gasteiger partial charge on any atom is 0.430 e. The molecule has 1 aliphatic heterocycles. The van der Waals surface area contributed by atoms with E-state index in [1.54, 1.807) is 12.1 Å². The molecule has 1 aliphatic rings. The lowest BCUT2D eigenvalue weighted by Crippen LogP contribution is -2.41. The van der Waals surface area contributed by atoms with Crippen LogP contribution in [0, 0.1) is 11.7 Å². The average Bonchev–Trinajstić information content (AvgIpc) is 3.78. The molecule has 0 spiro atoms. The number of nitrogens with zero attached hydrogens (tertiary/aromatic N) is 5. The van der Waals surface area contributed by atoms with E-state index < -0.39 is 71.8 Å². The third-order valence-electron chi connectivity index (χ3n) is 10.2. The van der Waals surface area contributed by atoms with E-state index in [1.165, 1.54) is 78.0 Å². The smallest absolute Gasteiger partial charge is 0.430 e. The number of ether oxygens (including phenoxy) is 3. The monoisotopic (exact) mass is 1060 g/mol. The molecular formula is C44H41Cl4F4N5O9S2. The topological polar surface area (TPSA) is 169 Å². The van der Waals surface area contributed by atoms with E-state index in [9.17, 15) is 41.1 Å². The fraction of sp³-hybridized carbons (Fsp3) is 0.341. The maximum absolute atomic E-state index is 16.2. The SMILES string of the molecule is CC(C)(C)OC(=O)N(c1cscn1)S(=O)(=O)c1cc(Cl)c(Oc2ccc(-c3cccc(C(F)(F)F)c3)cc2-c2ccnc(CN(CCC3CCN(C(=O)O)CC3)C(=O)OCC(Cl)(Cl)Cl)c2)cc1F. The second-order valence-electron chi connectivity index (χ2n) is 16.3. The van der Waals surface area contributed by atoms with Gasteiger partial charge in [0.15, 0.2) is 5.82 Å². The van der Waals surface area contributed by atoms with Crippen molar-refractivity contribution in [1.29, 1.82) is 0 Å². The molecule has 0 unspecified atom stereocenters. The minimum Gasteiger partial charge on any atom is -0.465 e.